The van der Waals surface area contributed by atoms with Crippen LogP contribution in [0, 0.1) is 11.6 Å². The second kappa shape index (κ2) is 5.48. The lowest BCUT2D eigenvalue weighted by molar-refractivity contribution is 0.0696. The van der Waals surface area contributed by atoms with E-state index < -0.39 is 17.6 Å². The van der Waals surface area contributed by atoms with E-state index in [2.05, 4.69) is 5.32 Å². The Morgan fingerprint density at radius 3 is 2.53 bits per heavy atom. The van der Waals surface area contributed by atoms with E-state index in [1.165, 1.54) is 24.3 Å². The van der Waals surface area contributed by atoms with Gasteiger partial charge in [0.25, 0.3) is 0 Å². The Bertz CT molecular complexity index is 614. The third kappa shape index (κ3) is 3.07. The van der Waals surface area contributed by atoms with E-state index in [0.717, 1.165) is 6.07 Å². The number of aromatic carboxylic acids is 1. The summed E-state index contributed by atoms with van der Waals surface area (Å²) in [6, 6.07) is 9.50. The summed E-state index contributed by atoms with van der Waals surface area (Å²) in [7, 11) is 0. The lowest BCUT2D eigenvalue weighted by Gasteiger charge is -2.09. The summed E-state index contributed by atoms with van der Waals surface area (Å²) in [5.74, 6) is -2.11. The number of halogens is 2. The van der Waals surface area contributed by atoms with Crippen LogP contribution in [-0.2, 0) is 6.54 Å². The zero-order valence-electron chi connectivity index (χ0n) is 9.86. The van der Waals surface area contributed by atoms with Gasteiger partial charge in [-0.3, -0.25) is 0 Å². The number of hydrogen-bond acceptors (Lipinski definition) is 2. The Kier molecular flexibility index (Phi) is 3.75. The van der Waals surface area contributed by atoms with Gasteiger partial charge >= 0.3 is 5.97 Å². The standard InChI is InChI=1S/C14H11F2NO2/c15-11-6-5-9(14(18)19)7-10(11)8-17-13-4-2-1-3-12(13)16/h1-7,17H,8H2,(H,18,19). The highest BCUT2D eigenvalue weighted by atomic mass is 19.1. The largest absolute Gasteiger partial charge is 0.478 e. The van der Waals surface area contributed by atoms with Crippen LogP contribution in [0.1, 0.15) is 15.9 Å². The van der Waals surface area contributed by atoms with E-state index in [-0.39, 0.29) is 23.4 Å². The van der Waals surface area contributed by atoms with Gasteiger partial charge in [0.1, 0.15) is 11.6 Å². The molecule has 0 saturated carbocycles. The third-order valence-corrected chi connectivity index (χ3v) is 2.64. The van der Waals surface area contributed by atoms with E-state index in [9.17, 15) is 13.6 Å². The molecule has 2 aromatic rings. The first kappa shape index (κ1) is 13.0. The van der Waals surface area contributed by atoms with Crippen molar-refractivity contribution in [1.82, 2.24) is 0 Å². The van der Waals surface area contributed by atoms with Crippen molar-refractivity contribution in [2.45, 2.75) is 6.54 Å². The molecular weight excluding hydrogens is 252 g/mol. The Morgan fingerprint density at radius 2 is 1.84 bits per heavy atom. The smallest absolute Gasteiger partial charge is 0.335 e. The van der Waals surface area contributed by atoms with Gasteiger partial charge in [-0.05, 0) is 30.3 Å². The summed E-state index contributed by atoms with van der Waals surface area (Å²) in [4.78, 5) is 10.8. The van der Waals surface area contributed by atoms with Crippen molar-refractivity contribution >= 4 is 11.7 Å². The fourth-order valence-electron chi connectivity index (χ4n) is 1.64. The fourth-order valence-corrected chi connectivity index (χ4v) is 1.64. The molecule has 0 atom stereocenters. The molecule has 0 amide bonds. The highest BCUT2D eigenvalue weighted by molar-refractivity contribution is 5.87. The maximum Gasteiger partial charge on any atom is 0.335 e. The lowest BCUT2D eigenvalue weighted by atomic mass is 10.1. The number of anilines is 1. The van der Waals surface area contributed by atoms with Crippen LogP contribution >= 0.6 is 0 Å². The maximum atomic E-state index is 13.5. The summed E-state index contributed by atoms with van der Waals surface area (Å²) in [5.41, 5.74) is 0.400. The van der Waals surface area contributed by atoms with E-state index >= 15 is 0 Å². The van der Waals surface area contributed by atoms with Crippen LogP contribution in [-0.4, -0.2) is 11.1 Å². The van der Waals surface area contributed by atoms with Crippen LogP contribution in [0.2, 0.25) is 0 Å². The number of para-hydroxylation sites is 1. The molecule has 0 bridgehead atoms. The quantitative estimate of drug-likeness (QED) is 0.890. The van der Waals surface area contributed by atoms with Crippen molar-refractivity contribution in [1.29, 1.82) is 0 Å². The maximum absolute atomic E-state index is 13.5. The number of carboxylic acid groups (broad SMARTS) is 1. The Labute approximate surface area is 108 Å². The summed E-state index contributed by atoms with van der Waals surface area (Å²) >= 11 is 0. The van der Waals surface area contributed by atoms with Crippen molar-refractivity contribution < 1.29 is 18.7 Å². The summed E-state index contributed by atoms with van der Waals surface area (Å²) in [6.45, 7) is 0.00782. The molecule has 5 heteroatoms. The molecule has 0 fully saturated rings. The van der Waals surface area contributed by atoms with Crippen LogP contribution in [0.15, 0.2) is 42.5 Å². The van der Waals surface area contributed by atoms with Crippen molar-refractivity contribution in [3.63, 3.8) is 0 Å². The van der Waals surface area contributed by atoms with Gasteiger partial charge in [0.05, 0.1) is 11.3 Å². The second-order valence-corrected chi connectivity index (χ2v) is 3.94. The van der Waals surface area contributed by atoms with Gasteiger partial charge in [0, 0.05) is 12.1 Å². The van der Waals surface area contributed by atoms with Crippen molar-refractivity contribution in [3.05, 3.63) is 65.2 Å². The van der Waals surface area contributed by atoms with E-state index in [1.54, 1.807) is 12.1 Å². The highest BCUT2D eigenvalue weighted by Gasteiger charge is 2.09. The van der Waals surface area contributed by atoms with Crippen LogP contribution in [0.25, 0.3) is 0 Å². The number of carbonyl (C=O) groups is 1. The molecule has 0 aliphatic rings. The molecule has 2 rings (SSSR count). The van der Waals surface area contributed by atoms with Crippen LogP contribution < -0.4 is 5.32 Å². The second-order valence-electron chi connectivity index (χ2n) is 3.94. The Balaban J connectivity index is 2.17. The topological polar surface area (TPSA) is 49.3 Å². The SMILES string of the molecule is O=C(O)c1ccc(F)c(CNc2ccccc2F)c1. The molecule has 98 valence electrons. The minimum Gasteiger partial charge on any atom is -0.478 e. The molecule has 0 aliphatic carbocycles. The molecule has 0 heterocycles. The first-order valence-corrected chi connectivity index (χ1v) is 5.58. The fraction of sp³-hybridized carbons (Fsp3) is 0.0714. The molecule has 0 aromatic heterocycles. The van der Waals surface area contributed by atoms with E-state index in [1.807, 2.05) is 0 Å². The number of benzene rings is 2. The molecule has 19 heavy (non-hydrogen) atoms. The third-order valence-electron chi connectivity index (χ3n) is 2.64. The highest BCUT2D eigenvalue weighted by Crippen LogP contribution is 2.16. The number of hydrogen-bond donors (Lipinski definition) is 2. The predicted octanol–water partition coefficient (Wildman–Crippen LogP) is 3.28. The first-order chi connectivity index (χ1) is 9.08. The number of nitrogens with one attached hydrogen (secondary N) is 1. The minimum absolute atomic E-state index is 0.00765. The molecule has 0 spiro atoms. The lowest BCUT2D eigenvalue weighted by Crippen LogP contribution is -2.05. The van der Waals surface area contributed by atoms with Crippen LogP contribution in [0.4, 0.5) is 14.5 Å². The van der Waals surface area contributed by atoms with E-state index in [0.29, 0.717) is 0 Å². The summed E-state index contributed by atoms with van der Waals surface area (Å²) in [5, 5.41) is 11.6. The number of carboxylic acids is 1. The number of rotatable bonds is 4. The monoisotopic (exact) mass is 263 g/mol. The van der Waals surface area contributed by atoms with Gasteiger partial charge in [-0.1, -0.05) is 12.1 Å². The van der Waals surface area contributed by atoms with Gasteiger partial charge in [-0.15, -0.1) is 0 Å². The molecule has 2 N–H and O–H groups in total. The van der Waals surface area contributed by atoms with Gasteiger partial charge in [0.2, 0.25) is 0 Å². The average Bonchev–Trinajstić information content (AvgIpc) is 2.39. The predicted molar refractivity (Wildman–Crippen MR) is 67.1 cm³/mol. The molecule has 2 aromatic carbocycles. The van der Waals surface area contributed by atoms with Crippen LogP contribution in [0.3, 0.4) is 0 Å². The first-order valence-electron chi connectivity index (χ1n) is 5.58. The zero-order valence-corrected chi connectivity index (χ0v) is 9.86. The molecule has 0 saturated heterocycles. The molecule has 0 radical (unpaired) electrons. The summed E-state index contributed by atoms with van der Waals surface area (Å²) in [6.07, 6.45) is 0. The Hall–Kier alpha value is -2.43. The Morgan fingerprint density at radius 1 is 1.11 bits per heavy atom. The average molecular weight is 263 g/mol. The molecular formula is C14H11F2NO2. The molecule has 3 nitrogen and oxygen atoms in total. The van der Waals surface area contributed by atoms with Gasteiger partial charge in [-0.25, -0.2) is 13.6 Å². The van der Waals surface area contributed by atoms with Gasteiger partial charge < -0.3 is 10.4 Å². The normalized spacial score (nSPS) is 10.2. The minimum atomic E-state index is -1.13. The summed E-state index contributed by atoms with van der Waals surface area (Å²) < 4.78 is 26.9. The van der Waals surface area contributed by atoms with Gasteiger partial charge in [0.15, 0.2) is 0 Å². The van der Waals surface area contributed by atoms with Crippen molar-refractivity contribution in [3.8, 4) is 0 Å². The van der Waals surface area contributed by atoms with Crippen molar-refractivity contribution in [2.24, 2.45) is 0 Å². The molecule has 0 aliphatic heterocycles. The zero-order chi connectivity index (χ0) is 13.8. The molecule has 0 unspecified atom stereocenters. The van der Waals surface area contributed by atoms with Gasteiger partial charge in [-0.2, -0.15) is 0 Å². The van der Waals surface area contributed by atoms with E-state index in [4.69, 9.17) is 5.11 Å². The van der Waals surface area contributed by atoms with Crippen molar-refractivity contribution in [2.75, 3.05) is 5.32 Å². The van der Waals surface area contributed by atoms with Crippen LogP contribution in [0.5, 0.6) is 0 Å².